The van der Waals surface area contributed by atoms with Crippen LogP contribution in [0.15, 0.2) is 11.2 Å². The van der Waals surface area contributed by atoms with E-state index in [1.807, 2.05) is 12.3 Å². The van der Waals surface area contributed by atoms with Crippen LogP contribution >= 0.6 is 11.8 Å². The van der Waals surface area contributed by atoms with E-state index in [-0.39, 0.29) is 0 Å². The normalized spacial score (nSPS) is 21.1. The van der Waals surface area contributed by atoms with Gasteiger partial charge in [0.1, 0.15) is 11.6 Å². The van der Waals surface area contributed by atoms with Crippen LogP contribution < -0.4 is 16.2 Å². The second-order valence-electron chi connectivity index (χ2n) is 4.55. The van der Waals surface area contributed by atoms with Gasteiger partial charge in [0.25, 0.3) is 0 Å². The number of nitrogen functional groups attached to an aromatic ring is 1. The number of nitrogens with one attached hydrogen (secondary N) is 1. The second-order valence-corrected chi connectivity index (χ2v) is 5.32. The van der Waals surface area contributed by atoms with Gasteiger partial charge in [-0.05, 0) is 20.2 Å². The van der Waals surface area contributed by atoms with E-state index in [9.17, 15) is 0 Å². The lowest BCUT2D eigenvalue weighted by Crippen LogP contribution is -2.50. The van der Waals surface area contributed by atoms with Gasteiger partial charge in [0.05, 0.1) is 0 Å². The molecule has 2 heterocycles. The van der Waals surface area contributed by atoms with Crippen LogP contribution in [0.25, 0.3) is 0 Å². The van der Waals surface area contributed by atoms with Crippen molar-refractivity contribution in [2.45, 2.75) is 18.1 Å². The first-order valence-corrected chi connectivity index (χ1v) is 7.21. The van der Waals surface area contributed by atoms with E-state index in [1.165, 1.54) is 11.8 Å². The summed E-state index contributed by atoms with van der Waals surface area (Å²) in [6, 6.07) is 2.35. The Morgan fingerprint density at radius 2 is 2.22 bits per heavy atom. The minimum absolute atomic E-state index is 0.444. The maximum atomic E-state index is 5.45. The van der Waals surface area contributed by atoms with Crippen LogP contribution in [0.2, 0.25) is 0 Å². The Kier molecular flexibility index (Phi) is 4.26. The van der Waals surface area contributed by atoms with Gasteiger partial charge in [-0.25, -0.2) is 15.8 Å². The van der Waals surface area contributed by atoms with Crippen molar-refractivity contribution in [3.05, 3.63) is 6.07 Å². The van der Waals surface area contributed by atoms with Crippen molar-refractivity contribution in [1.29, 1.82) is 0 Å². The van der Waals surface area contributed by atoms with Crippen LogP contribution in [-0.2, 0) is 0 Å². The molecular weight excluding hydrogens is 248 g/mol. The highest BCUT2D eigenvalue weighted by Crippen LogP contribution is 2.23. The fraction of sp³-hybridized carbons (Fsp3) is 0.636. The number of piperazine rings is 1. The van der Waals surface area contributed by atoms with E-state index in [2.05, 4.69) is 39.2 Å². The number of hydrogen-bond donors (Lipinski definition) is 2. The average Bonchev–Trinajstić information content (AvgIpc) is 2.38. The van der Waals surface area contributed by atoms with Gasteiger partial charge in [-0.3, -0.25) is 0 Å². The molecule has 0 spiro atoms. The summed E-state index contributed by atoms with van der Waals surface area (Å²) < 4.78 is 0. The summed E-state index contributed by atoms with van der Waals surface area (Å²) >= 11 is 1.52. The standard InChI is InChI=1S/C11H20N6S/c1-8-7-16(2)4-5-17(8)10-6-9(15-12)13-11(14-10)18-3/h6,8H,4-5,7,12H2,1-3H3,(H,13,14,15). The lowest BCUT2D eigenvalue weighted by molar-refractivity contribution is 0.274. The predicted molar refractivity (Wildman–Crippen MR) is 75.9 cm³/mol. The first-order valence-electron chi connectivity index (χ1n) is 5.99. The molecule has 0 aromatic carbocycles. The highest BCUT2D eigenvalue weighted by Gasteiger charge is 2.23. The molecule has 0 saturated carbocycles. The number of hydrazine groups is 1. The molecule has 3 N–H and O–H groups in total. The Balaban J connectivity index is 2.26. The molecule has 1 aliphatic heterocycles. The molecule has 1 aromatic heterocycles. The van der Waals surface area contributed by atoms with E-state index in [0.717, 1.165) is 30.6 Å². The van der Waals surface area contributed by atoms with Gasteiger partial charge in [0.2, 0.25) is 0 Å². The highest BCUT2D eigenvalue weighted by molar-refractivity contribution is 7.98. The Bertz CT molecular complexity index is 390. The van der Waals surface area contributed by atoms with E-state index in [4.69, 9.17) is 5.84 Å². The summed E-state index contributed by atoms with van der Waals surface area (Å²) in [4.78, 5) is 13.5. The average molecular weight is 268 g/mol. The molecule has 2 rings (SSSR count). The monoisotopic (exact) mass is 268 g/mol. The molecule has 1 saturated heterocycles. The predicted octanol–water partition coefficient (Wildman–Crippen LogP) is 0.624. The molecule has 100 valence electrons. The van der Waals surface area contributed by atoms with Gasteiger partial charge in [0, 0.05) is 31.7 Å². The van der Waals surface area contributed by atoms with Gasteiger partial charge < -0.3 is 15.2 Å². The van der Waals surface area contributed by atoms with Gasteiger partial charge in [0.15, 0.2) is 5.16 Å². The Labute approximate surface area is 112 Å². The van der Waals surface area contributed by atoms with Crippen LogP contribution in [0.5, 0.6) is 0 Å². The topological polar surface area (TPSA) is 70.3 Å². The summed E-state index contributed by atoms with van der Waals surface area (Å²) in [6.45, 7) is 5.29. The lowest BCUT2D eigenvalue weighted by atomic mass is 10.2. The Hall–Kier alpha value is -1.05. The summed E-state index contributed by atoms with van der Waals surface area (Å²) in [7, 11) is 2.15. The first kappa shape index (κ1) is 13.4. The molecule has 7 heteroatoms. The number of nitrogens with zero attached hydrogens (tertiary/aromatic N) is 4. The van der Waals surface area contributed by atoms with Crippen LogP contribution in [0.1, 0.15) is 6.92 Å². The molecule has 18 heavy (non-hydrogen) atoms. The first-order chi connectivity index (χ1) is 8.63. The highest BCUT2D eigenvalue weighted by atomic mass is 32.2. The molecule has 0 amide bonds. The van der Waals surface area contributed by atoms with Gasteiger partial charge in [-0.15, -0.1) is 0 Å². The summed E-state index contributed by atoms with van der Waals surface area (Å²) in [6.07, 6.45) is 1.97. The number of aromatic nitrogens is 2. The molecule has 1 atom stereocenters. The van der Waals surface area contributed by atoms with E-state index in [0.29, 0.717) is 11.9 Å². The molecular formula is C11H20N6S. The summed E-state index contributed by atoms with van der Waals surface area (Å²) in [5.41, 5.74) is 2.60. The zero-order valence-corrected chi connectivity index (χ0v) is 11.9. The lowest BCUT2D eigenvalue weighted by Gasteiger charge is -2.39. The largest absolute Gasteiger partial charge is 0.351 e. The van der Waals surface area contributed by atoms with Crippen molar-refractivity contribution in [2.24, 2.45) is 5.84 Å². The molecule has 1 aromatic rings. The number of rotatable bonds is 3. The molecule has 0 bridgehead atoms. The number of anilines is 2. The molecule has 0 aliphatic carbocycles. The van der Waals surface area contributed by atoms with Crippen molar-refractivity contribution in [2.75, 3.05) is 43.3 Å². The fourth-order valence-electron chi connectivity index (χ4n) is 2.21. The SMILES string of the molecule is CSc1nc(NN)cc(N2CCN(C)CC2C)n1. The molecule has 1 fully saturated rings. The zero-order valence-electron chi connectivity index (χ0n) is 11.1. The summed E-state index contributed by atoms with van der Waals surface area (Å²) in [5, 5.41) is 0.742. The molecule has 1 aliphatic rings. The second kappa shape index (κ2) is 5.73. The maximum Gasteiger partial charge on any atom is 0.191 e. The fourth-order valence-corrected chi connectivity index (χ4v) is 2.58. The minimum Gasteiger partial charge on any atom is -0.351 e. The summed E-state index contributed by atoms with van der Waals surface area (Å²) in [5.74, 6) is 7.06. The number of likely N-dealkylation sites (N-methyl/N-ethyl adjacent to an activating group) is 1. The van der Waals surface area contributed by atoms with Crippen molar-refractivity contribution in [3.63, 3.8) is 0 Å². The van der Waals surface area contributed by atoms with Crippen molar-refractivity contribution < 1.29 is 0 Å². The third-order valence-corrected chi connectivity index (χ3v) is 3.70. The molecule has 6 nitrogen and oxygen atoms in total. The zero-order chi connectivity index (χ0) is 13.1. The number of nitrogens with two attached hydrogens (primary N) is 1. The Morgan fingerprint density at radius 1 is 1.44 bits per heavy atom. The third-order valence-electron chi connectivity index (χ3n) is 3.15. The smallest absolute Gasteiger partial charge is 0.191 e. The molecule has 1 unspecified atom stereocenters. The van der Waals surface area contributed by atoms with Crippen molar-refractivity contribution >= 4 is 23.4 Å². The van der Waals surface area contributed by atoms with Gasteiger partial charge in [-0.2, -0.15) is 0 Å². The van der Waals surface area contributed by atoms with Crippen LogP contribution in [0.3, 0.4) is 0 Å². The van der Waals surface area contributed by atoms with Crippen molar-refractivity contribution in [3.8, 4) is 0 Å². The molecule has 0 radical (unpaired) electrons. The van der Waals surface area contributed by atoms with E-state index >= 15 is 0 Å². The van der Waals surface area contributed by atoms with Crippen molar-refractivity contribution in [1.82, 2.24) is 14.9 Å². The van der Waals surface area contributed by atoms with E-state index in [1.54, 1.807) is 0 Å². The minimum atomic E-state index is 0.444. The number of thioether (sulfide) groups is 1. The van der Waals surface area contributed by atoms with Gasteiger partial charge >= 0.3 is 0 Å². The quantitative estimate of drug-likeness (QED) is 0.360. The Morgan fingerprint density at radius 3 is 2.83 bits per heavy atom. The van der Waals surface area contributed by atoms with Gasteiger partial charge in [-0.1, -0.05) is 11.8 Å². The van der Waals surface area contributed by atoms with Crippen LogP contribution in [0, 0.1) is 0 Å². The van der Waals surface area contributed by atoms with E-state index < -0.39 is 0 Å². The third kappa shape index (κ3) is 2.85. The maximum absolute atomic E-state index is 5.45. The van der Waals surface area contributed by atoms with Crippen LogP contribution in [-0.4, -0.2) is 53.8 Å². The number of hydrogen-bond acceptors (Lipinski definition) is 7. The van der Waals surface area contributed by atoms with Crippen LogP contribution in [0.4, 0.5) is 11.6 Å².